The number of hydrogen-bond donors (Lipinski definition) is 1. The van der Waals surface area contributed by atoms with Crippen LogP contribution in [-0.4, -0.2) is 13.1 Å². The zero-order valence-electron chi connectivity index (χ0n) is 8.38. The molecule has 0 aliphatic rings. The molecule has 0 aromatic carbocycles. The average Bonchev–Trinajstić information content (AvgIpc) is 2.47. The first-order valence-corrected chi connectivity index (χ1v) is 4.91. The molecular weight excluding hydrogens is 186 g/mol. The van der Waals surface area contributed by atoms with Crippen LogP contribution in [0.5, 0.6) is 0 Å². The summed E-state index contributed by atoms with van der Waals surface area (Å²) in [6.07, 6.45) is 0. The molecule has 0 saturated heterocycles. The second-order valence-corrected chi connectivity index (χ2v) is 3.39. The highest BCUT2D eigenvalue weighted by molar-refractivity contribution is 7.14. The highest BCUT2D eigenvalue weighted by Crippen LogP contribution is 2.24. The first-order valence-electron chi connectivity index (χ1n) is 4.09. The number of ether oxygens (including phenoxy) is 1. The van der Waals surface area contributed by atoms with Gasteiger partial charge in [-0.3, -0.25) is 0 Å². The first kappa shape index (κ1) is 12.0. The highest BCUT2D eigenvalue weighted by Gasteiger charge is 2.12. The van der Waals surface area contributed by atoms with Gasteiger partial charge in [-0.1, -0.05) is 13.8 Å². The van der Waals surface area contributed by atoms with Gasteiger partial charge in [-0.15, -0.1) is 11.3 Å². The van der Waals surface area contributed by atoms with Crippen molar-refractivity contribution in [2.45, 2.75) is 20.8 Å². The Morgan fingerprint density at radius 1 is 1.54 bits per heavy atom. The van der Waals surface area contributed by atoms with Gasteiger partial charge in [0.1, 0.15) is 4.88 Å². The number of esters is 1. The minimum absolute atomic E-state index is 0.361. The third-order valence-corrected chi connectivity index (χ3v) is 2.30. The second kappa shape index (κ2) is 5.59. The number of carbonyl (C=O) groups is 1. The van der Waals surface area contributed by atoms with E-state index in [0.29, 0.717) is 10.6 Å². The van der Waals surface area contributed by atoms with Crippen LogP contribution in [0.1, 0.15) is 28.4 Å². The summed E-state index contributed by atoms with van der Waals surface area (Å²) in [5, 5.41) is 0. The maximum atomic E-state index is 11.0. The van der Waals surface area contributed by atoms with Crippen molar-refractivity contribution in [2.75, 3.05) is 12.8 Å². The van der Waals surface area contributed by atoms with E-state index in [0.717, 1.165) is 4.88 Å². The summed E-state index contributed by atoms with van der Waals surface area (Å²) >= 11 is 1.35. The first-order chi connectivity index (χ1) is 6.15. The van der Waals surface area contributed by atoms with Crippen molar-refractivity contribution in [3.8, 4) is 0 Å². The topological polar surface area (TPSA) is 52.3 Å². The molecule has 0 aliphatic carbocycles. The van der Waals surface area contributed by atoms with E-state index in [1.54, 1.807) is 6.07 Å². The van der Waals surface area contributed by atoms with Gasteiger partial charge in [-0.2, -0.15) is 0 Å². The van der Waals surface area contributed by atoms with E-state index in [1.807, 2.05) is 20.8 Å². The predicted molar refractivity (Wildman–Crippen MR) is 56.2 cm³/mol. The molecule has 0 radical (unpaired) electrons. The normalized spacial score (nSPS) is 8.62. The Hall–Kier alpha value is -1.03. The standard InChI is InChI=1S/C7H9NO2S.C2H6/c1-4-3-5(8)6(11-4)7(9)10-2;1-2/h3H,8H2,1-2H3;1-2H3. The molecule has 1 rings (SSSR count). The van der Waals surface area contributed by atoms with E-state index < -0.39 is 0 Å². The monoisotopic (exact) mass is 201 g/mol. The number of rotatable bonds is 1. The lowest BCUT2D eigenvalue weighted by atomic mass is 10.4. The fourth-order valence-electron chi connectivity index (χ4n) is 0.786. The number of anilines is 1. The molecular formula is C9H15NO2S. The van der Waals surface area contributed by atoms with Crippen molar-refractivity contribution in [2.24, 2.45) is 0 Å². The lowest BCUT2D eigenvalue weighted by Gasteiger charge is -1.94. The highest BCUT2D eigenvalue weighted by atomic mass is 32.1. The van der Waals surface area contributed by atoms with Crippen molar-refractivity contribution in [1.29, 1.82) is 0 Å². The van der Waals surface area contributed by atoms with Gasteiger partial charge in [0.15, 0.2) is 0 Å². The van der Waals surface area contributed by atoms with Crippen LogP contribution in [0.4, 0.5) is 5.69 Å². The Bertz CT molecular complexity index is 281. The minimum atomic E-state index is -0.361. The maximum Gasteiger partial charge on any atom is 0.350 e. The molecule has 4 heteroatoms. The third-order valence-electron chi connectivity index (χ3n) is 1.25. The summed E-state index contributed by atoms with van der Waals surface area (Å²) < 4.78 is 4.52. The van der Waals surface area contributed by atoms with Crippen LogP contribution in [0.3, 0.4) is 0 Å². The molecule has 74 valence electrons. The summed E-state index contributed by atoms with van der Waals surface area (Å²) in [5.74, 6) is -0.361. The summed E-state index contributed by atoms with van der Waals surface area (Å²) in [4.78, 5) is 12.5. The van der Waals surface area contributed by atoms with Crippen LogP contribution in [0.15, 0.2) is 6.07 Å². The molecule has 0 amide bonds. The summed E-state index contributed by atoms with van der Waals surface area (Å²) in [5.41, 5.74) is 6.03. The third kappa shape index (κ3) is 3.06. The molecule has 1 aromatic rings. The van der Waals surface area contributed by atoms with Gasteiger partial charge in [0.25, 0.3) is 0 Å². The molecule has 2 N–H and O–H groups in total. The number of nitrogen functional groups attached to an aromatic ring is 1. The Morgan fingerprint density at radius 3 is 2.38 bits per heavy atom. The molecule has 0 fully saturated rings. The van der Waals surface area contributed by atoms with E-state index in [-0.39, 0.29) is 5.97 Å². The number of nitrogens with two attached hydrogens (primary N) is 1. The number of thiophene rings is 1. The van der Waals surface area contributed by atoms with Gasteiger partial charge in [0, 0.05) is 4.88 Å². The summed E-state index contributed by atoms with van der Waals surface area (Å²) in [6, 6.07) is 1.76. The zero-order chi connectivity index (χ0) is 10.4. The smallest absolute Gasteiger partial charge is 0.350 e. The lowest BCUT2D eigenvalue weighted by molar-refractivity contribution is 0.0607. The second-order valence-electron chi connectivity index (χ2n) is 2.13. The zero-order valence-corrected chi connectivity index (χ0v) is 9.20. The molecule has 0 saturated carbocycles. The Morgan fingerprint density at radius 2 is 2.08 bits per heavy atom. The molecule has 0 bridgehead atoms. The fraction of sp³-hybridized carbons (Fsp3) is 0.444. The summed E-state index contributed by atoms with van der Waals surface area (Å²) in [7, 11) is 1.34. The number of hydrogen-bond acceptors (Lipinski definition) is 4. The van der Waals surface area contributed by atoms with Crippen molar-refractivity contribution in [1.82, 2.24) is 0 Å². The Balaban J connectivity index is 0.000000671. The van der Waals surface area contributed by atoms with Gasteiger partial charge < -0.3 is 10.5 Å². The van der Waals surface area contributed by atoms with Crippen molar-refractivity contribution >= 4 is 23.0 Å². The average molecular weight is 201 g/mol. The van der Waals surface area contributed by atoms with Crippen LogP contribution < -0.4 is 5.73 Å². The Kier molecular flexibility index (Phi) is 5.14. The van der Waals surface area contributed by atoms with Crippen LogP contribution >= 0.6 is 11.3 Å². The van der Waals surface area contributed by atoms with E-state index in [1.165, 1.54) is 18.4 Å². The van der Waals surface area contributed by atoms with E-state index in [4.69, 9.17) is 5.73 Å². The van der Waals surface area contributed by atoms with Crippen LogP contribution in [0, 0.1) is 6.92 Å². The van der Waals surface area contributed by atoms with Crippen molar-refractivity contribution in [3.05, 3.63) is 15.8 Å². The minimum Gasteiger partial charge on any atom is -0.465 e. The fourth-order valence-corrected chi connectivity index (χ4v) is 1.64. The van der Waals surface area contributed by atoms with E-state index in [2.05, 4.69) is 4.74 Å². The van der Waals surface area contributed by atoms with Crippen molar-refractivity contribution in [3.63, 3.8) is 0 Å². The Labute approximate surface area is 82.5 Å². The number of methoxy groups -OCH3 is 1. The van der Waals surface area contributed by atoms with E-state index >= 15 is 0 Å². The van der Waals surface area contributed by atoms with Crippen LogP contribution in [-0.2, 0) is 4.74 Å². The van der Waals surface area contributed by atoms with E-state index in [9.17, 15) is 4.79 Å². The quantitative estimate of drug-likeness (QED) is 0.710. The molecule has 1 heterocycles. The molecule has 1 aromatic heterocycles. The molecule has 0 atom stereocenters. The largest absolute Gasteiger partial charge is 0.465 e. The van der Waals surface area contributed by atoms with Crippen LogP contribution in [0.2, 0.25) is 0 Å². The van der Waals surface area contributed by atoms with Gasteiger partial charge in [-0.05, 0) is 13.0 Å². The SMILES string of the molecule is CC.COC(=O)c1sc(C)cc1N. The number of carbonyl (C=O) groups excluding carboxylic acids is 1. The summed E-state index contributed by atoms with van der Waals surface area (Å²) in [6.45, 7) is 5.90. The molecule has 13 heavy (non-hydrogen) atoms. The maximum absolute atomic E-state index is 11.0. The van der Waals surface area contributed by atoms with Crippen LogP contribution in [0.25, 0.3) is 0 Å². The van der Waals surface area contributed by atoms with Gasteiger partial charge >= 0.3 is 5.97 Å². The lowest BCUT2D eigenvalue weighted by Crippen LogP contribution is -2.00. The van der Waals surface area contributed by atoms with Gasteiger partial charge in [0.2, 0.25) is 0 Å². The van der Waals surface area contributed by atoms with Crippen molar-refractivity contribution < 1.29 is 9.53 Å². The molecule has 3 nitrogen and oxygen atoms in total. The molecule has 0 aliphatic heterocycles. The van der Waals surface area contributed by atoms with Gasteiger partial charge in [0.05, 0.1) is 12.8 Å². The molecule has 0 unspecified atom stereocenters. The molecule has 0 spiro atoms. The van der Waals surface area contributed by atoms with Gasteiger partial charge in [-0.25, -0.2) is 4.79 Å². The number of aryl methyl sites for hydroxylation is 1. The predicted octanol–water partition coefficient (Wildman–Crippen LogP) is 2.45.